The number of thiocarbonyl (C=S) groups is 1. The number of carbonyl (C=O) groups excluding carboxylic acids is 1. The van der Waals surface area contributed by atoms with Crippen molar-refractivity contribution in [2.75, 3.05) is 5.32 Å². The summed E-state index contributed by atoms with van der Waals surface area (Å²) in [6, 6.07) is 5.05. The van der Waals surface area contributed by atoms with Gasteiger partial charge in [0.05, 0.1) is 0 Å². The molecule has 0 radical (unpaired) electrons. The van der Waals surface area contributed by atoms with Gasteiger partial charge in [0.15, 0.2) is 5.11 Å². The molecule has 1 saturated carbocycles. The molecule has 1 aliphatic carbocycles. The normalized spacial score (nSPS) is 14.2. The van der Waals surface area contributed by atoms with E-state index in [1.807, 2.05) is 0 Å². The van der Waals surface area contributed by atoms with Crippen LogP contribution in [0.2, 0.25) is 0 Å². The fraction of sp³-hybridized carbons (Fsp3) is 0.333. The maximum atomic E-state index is 12.0. The molecule has 0 aliphatic heterocycles. The highest BCUT2D eigenvalue weighted by molar-refractivity contribution is 7.80. The Labute approximate surface area is 123 Å². The summed E-state index contributed by atoms with van der Waals surface area (Å²) < 4.78 is 39.7. The summed E-state index contributed by atoms with van der Waals surface area (Å²) in [5.41, 5.74) is 5.42. The van der Waals surface area contributed by atoms with Crippen LogP contribution in [-0.4, -0.2) is 17.4 Å². The highest BCUT2D eigenvalue weighted by atomic mass is 32.1. The maximum absolute atomic E-state index is 12.0. The van der Waals surface area contributed by atoms with Crippen LogP contribution in [-0.2, 0) is 4.79 Å². The molecule has 0 heterocycles. The van der Waals surface area contributed by atoms with E-state index in [-0.39, 0.29) is 22.7 Å². The first-order valence-corrected chi connectivity index (χ1v) is 6.47. The number of rotatable bonds is 3. The molecule has 1 aliphatic rings. The SMILES string of the molecule is O=C(NNC(=S)Nc1ccc(OC(F)(F)F)cc1)C1CC1. The first-order valence-electron chi connectivity index (χ1n) is 6.06. The number of amides is 1. The summed E-state index contributed by atoms with van der Waals surface area (Å²) in [6.45, 7) is 0. The van der Waals surface area contributed by atoms with Crippen LogP contribution in [0.25, 0.3) is 0 Å². The third-order valence-electron chi connectivity index (χ3n) is 2.59. The largest absolute Gasteiger partial charge is 0.573 e. The van der Waals surface area contributed by atoms with E-state index in [0.29, 0.717) is 5.69 Å². The number of ether oxygens (including phenoxy) is 1. The van der Waals surface area contributed by atoms with Crippen molar-refractivity contribution in [2.24, 2.45) is 5.92 Å². The number of hydrogen-bond donors (Lipinski definition) is 3. The van der Waals surface area contributed by atoms with Gasteiger partial charge in [-0.2, -0.15) is 0 Å². The fourth-order valence-corrected chi connectivity index (χ4v) is 1.64. The summed E-state index contributed by atoms with van der Waals surface area (Å²) in [5.74, 6) is -0.416. The van der Waals surface area contributed by atoms with Crippen LogP contribution < -0.4 is 20.9 Å². The molecule has 1 aromatic rings. The molecular formula is C12H12F3N3O2S. The molecular weight excluding hydrogens is 307 g/mol. The van der Waals surface area contributed by atoms with Gasteiger partial charge in [0.25, 0.3) is 0 Å². The molecule has 114 valence electrons. The second-order valence-electron chi connectivity index (χ2n) is 4.41. The molecule has 0 atom stereocenters. The van der Waals surface area contributed by atoms with Crippen LogP contribution in [0.5, 0.6) is 5.75 Å². The van der Waals surface area contributed by atoms with Gasteiger partial charge in [0.2, 0.25) is 5.91 Å². The molecule has 0 spiro atoms. The number of carbonyl (C=O) groups is 1. The minimum atomic E-state index is -4.72. The minimum Gasteiger partial charge on any atom is -0.406 e. The number of nitrogens with one attached hydrogen (secondary N) is 3. The lowest BCUT2D eigenvalue weighted by Gasteiger charge is -2.12. The summed E-state index contributed by atoms with van der Waals surface area (Å²) in [6.07, 6.45) is -2.98. The van der Waals surface area contributed by atoms with E-state index in [2.05, 4.69) is 20.9 Å². The van der Waals surface area contributed by atoms with Crippen LogP contribution >= 0.6 is 12.2 Å². The van der Waals surface area contributed by atoms with Gasteiger partial charge in [-0.3, -0.25) is 15.6 Å². The lowest BCUT2D eigenvalue weighted by atomic mass is 10.3. The quantitative estimate of drug-likeness (QED) is 0.589. The van der Waals surface area contributed by atoms with E-state index in [9.17, 15) is 18.0 Å². The number of hydrogen-bond acceptors (Lipinski definition) is 3. The van der Waals surface area contributed by atoms with Gasteiger partial charge in [0.1, 0.15) is 5.75 Å². The van der Waals surface area contributed by atoms with Crippen molar-refractivity contribution in [3.63, 3.8) is 0 Å². The van der Waals surface area contributed by atoms with Gasteiger partial charge in [-0.25, -0.2) is 0 Å². The van der Waals surface area contributed by atoms with E-state index in [1.54, 1.807) is 0 Å². The topological polar surface area (TPSA) is 62.4 Å². The van der Waals surface area contributed by atoms with Crippen LogP contribution in [0.1, 0.15) is 12.8 Å². The van der Waals surface area contributed by atoms with Gasteiger partial charge in [-0.1, -0.05) is 0 Å². The number of hydrazine groups is 1. The maximum Gasteiger partial charge on any atom is 0.573 e. The van der Waals surface area contributed by atoms with Crippen molar-refractivity contribution in [3.05, 3.63) is 24.3 Å². The van der Waals surface area contributed by atoms with E-state index in [4.69, 9.17) is 12.2 Å². The van der Waals surface area contributed by atoms with Crippen molar-refractivity contribution in [1.82, 2.24) is 10.9 Å². The molecule has 0 saturated heterocycles. The van der Waals surface area contributed by atoms with Crippen molar-refractivity contribution >= 4 is 28.9 Å². The predicted octanol–water partition coefficient (Wildman–Crippen LogP) is 2.31. The average Bonchev–Trinajstić information content (AvgIpc) is 3.21. The zero-order chi connectivity index (χ0) is 15.5. The highest BCUT2D eigenvalue weighted by Crippen LogP contribution is 2.28. The molecule has 1 aromatic carbocycles. The summed E-state index contributed by atoms with van der Waals surface area (Å²) in [4.78, 5) is 11.4. The lowest BCUT2D eigenvalue weighted by molar-refractivity contribution is -0.274. The van der Waals surface area contributed by atoms with Crippen molar-refractivity contribution < 1.29 is 22.7 Å². The van der Waals surface area contributed by atoms with E-state index >= 15 is 0 Å². The molecule has 0 unspecified atom stereocenters. The standard InChI is InChI=1S/C12H12F3N3O2S/c13-12(14,15)20-9-5-3-8(4-6-9)16-11(21)18-17-10(19)7-1-2-7/h3-7H,1-2H2,(H,17,19)(H2,16,18,21). The van der Waals surface area contributed by atoms with Crippen LogP contribution in [0.3, 0.4) is 0 Å². The van der Waals surface area contributed by atoms with Gasteiger partial charge in [-0.15, -0.1) is 13.2 Å². The second-order valence-corrected chi connectivity index (χ2v) is 4.82. The minimum absolute atomic E-state index is 0.0408. The Morgan fingerprint density at radius 1 is 1.19 bits per heavy atom. The molecule has 0 aromatic heterocycles. The molecule has 3 N–H and O–H groups in total. The fourth-order valence-electron chi connectivity index (χ4n) is 1.47. The Balaban J connectivity index is 1.79. The molecule has 1 fully saturated rings. The predicted molar refractivity (Wildman–Crippen MR) is 73.3 cm³/mol. The Hall–Kier alpha value is -2.03. The van der Waals surface area contributed by atoms with Gasteiger partial charge in [-0.05, 0) is 49.3 Å². The van der Waals surface area contributed by atoms with E-state index < -0.39 is 6.36 Å². The van der Waals surface area contributed by atoms with Gasteiger partial charge in [0, 0.05) is 11.6 Å². The first kappa shape index (κ1) is 15.4. The van der Waals surface area contributed by atoms with Gasteiger partial charge >= 0.3 is 6.36 Å². The number of benzene rings is 1. The Bertz CT molecular complexity index is 530. The zero-order valence-electron chi connectivity index (χ0n) is 10.7. The number of alkyl halides is 3. The monoisotopic (exact) mass is 319 g/mol. The molecule has 9 heteroatoms. The molecule has 1 amide bonds. The first-order chi connectivity index (χ1) is 9.83. The average molecular weight is 319 g/mol. The van der Waals surface area contributed by atoms with Crippen molar-refractivity contribution in [2.45, 2.75) is 19.2 Å². The number of halogens is 3. The van der Waals surface area contributed by atoms with Crippen LogP contribution in [0.15, 0.2) is 24.3 Å². The highest BCUT2D eigenvalue weighted by Gasteiger charge is 2.31. The molecule has 0 bridgehead atoms. The van der Waals surface area contributed by atoms with E-state index in [0.717, 1.165) is 25.0 Å². The Morgan fingerprint density at radius 2 is 1.81 bits per heavy atom. The van der Waals surface area contributed by atoms with Crippen molar-refractivity contribution in [3.8, 4) is 5.75 Å². The van der Waals surface area contributed by atoms with Crippen molar-refractivity contribution in [1.29, 1.82) is 0 Å². The summed E-state index contributed by atoms with van der Waals surface area (Å²) in [7, 11) is 0. The third-order valence-corrected chi connectivity index (χ3v) is 2.80. The lowest BCUT2D eigenvalue weighted by Crippen LogP contribution is -2.44. The smallest absolute Gasteiger partial charge is 0.406 e. The third kappa shape index (κ3) is 5.46. The summed E-state index contributed by atoms with van der Waals surface area (Å²) in [5, 5.41) is 2.85. The summed E-state index contributed by atoms with van der Waals surface area (Å²) >= 11 is 4.93. The Morgan fingerprint density at radius 3 is 2.33 bits per heavy atom. The molecule has 21 heavy (non-hydrogen) atoms. The second kappa shape index (κ2) is 6.17. The zero-order valence-corrected chi connectivity index (χ0v) is 11.5. The molecule has 5 nitrogen and oxygen atoms in total. The van der Waals surface area contributed by atoms with Crippen LogP contribution in [0, 0.1) is 5.92 Å². The van der Waals surface area contributed by atoms with Gasteiger partial charge < -0.3 is 10.1 Å². The number of anilines is 1. The Kier molecular flexibility index (Phi) is 4.51. The molecule has 2 rings (SSSR count). The van der Waals surface area contributed by atoms with E-state index in [1.165, 1.54) is 12.1 Å². The van der Waals surface area contributed by atoms with Crippen LogP contribution in [0.4, 0.5) is 18.9 Å².